The molecule has 0 aliphatic carbocycles. The zero-order valence-corrected chi connectivity index (χ0v) is 18.2. The summed E-state index contributed by atoms with van der Waals surface area (Å²) in [7, 11) is 0. The Morgan fingerprint density at radius 3 is 2.90 bits per heavy atom. The van der Waals surface area contributed by atoms with Gasteiger partial charge in [0.15, 0.2) is 0 Å². The van der Waals surface area contributed by atoms with Gasteiger partial charge in [0.1, 0.15) is 17.9 Å². The third-order valence-electron chi connectivity index (χ3n) is 5.83. The summed E-state index contributed by atoms with van der Waals surface area (Å²) in [5, 5.41) is 7.33. The van der Waals surface area contributed by atoms with Gasteiger partial charge in [0.05, 0.1) is 10.2 Å². The van der Waals surface area contributed by atoms with Crippen LogP contribution in [0.2, 0.25) is 0 Å². The van der Waals surface area contributed by atoms with E-state index in [9.17, 15) is 9.59 Å². The summed E-state index contributed by atoms with van der Waals surface area (Å²) < 4.78 is 4.23. The molecule has 3 aromatic heterocycles. The van der Waals surface area contributed by atoms with Crippen molar-refractivity contribution in [3.05, 3.63) is 33.2 Å². The van der Waals surface area contributed by atoms with Crippen LogP contribution < -0.4 is 10.9 Å². The van der Waals surface area contributed by atoms with Gasteiger partial charge in [-0.05, 0) is 58.7 Å². The molecule has 29 heavy (non-hydrogen) atoms. The fourth-order valence-corrected chi connectivity index (χ4v) is 5.26. The van der Waals surface area contributed by atoms with E-state index < -0.39 is 0 Å². The molecule has 4 heterocycles. The molecule has 156 valence electrons. The molecule has 1 amide bonds. The number of likely N-dealkylation sites (tertiary alicyclic amines) is 1. The highest BCUT2D eigenvalue weighted by atomic mass is 32.1. The van der Waals surface area contributed by atoms with E-state index in [0.29, 0.717) is 23.9 Å². The quantitative estimate of drug-likeness (QED) is 0.629. The van der Waals surface area contributed by atoms with E-state index >= 15 is 0 Å². The number of nitrogens with one attached hydrogen (secondary N) is 1. The predicted octanol–water partition coefficient (Wildman–Crippen LogP) is 2.71. The molecule has 1 fully saturated rings. The molecule has 0 radical (unpaired) electrons. The van der Waals surface area contributed by atoms with Gasteiger partial charge in [0.2, 0.25) is 5.91 Å². The van der Waals surface area contributed by atoms with Crippen molar-refractivity contribution in [1.29, 1.82) is 0 Å². The van der Waals surface area contributed by atoms with Gasteiger partial charge in [-0.2, -0.15) is 5.10 Å². The summed E-state index contributed by atoms with van der Waals surface area (Å²) in [6, 6.07) is 4.61. The van der Waals surface area contributed by atoms with E-state index in [1.807, 2.05) is 17.4 Å². The number of carbonyl (C=O) groups excluding carboxylic acids is 1. The Balaban J connectivity index is 1.39. The van der Waals surface area contributed by atoms with Crippen molar-refractivity contribution in [1.82, 2.24) is 24.4 Å². The Labute approximate surface area is 174 Å². The smallest absolute Gasteiger partial charge is 0.291 e. The van der Waals surface area contributed by atoms with Gasteiger partial charge in [-0.1, -0.05) is 6.42 Å². The number of aromatic nitrogens is 3. The second kappa shape index (κ2) is 8.28. The summed E-state index contributed by atoms with van der Waals surface area (Å²) in [5.74, 6) is 0.540. The van der Waals surface area contributed by atoms with Crippen LogP contribution in [0.1, 0.15) is 43.3 Å². The van der Waals surface area contributed by atoms with E-state index in [0.717, 1.165) is 29.7 Å². The van der Waals surface area contributed by atoms with Gasteiger partial charge in [-0.15, -0.1) is 11.3 Å². The first-order chi connectivity index (χ1) is 13.9. The lowest BCUT2D eigenvalue weighted by Crippen LogP contribution is -2.40. The third-order valence-corrected chi connectivity index (χ3v) is 6.82. The highest BCUT2D eigenvalue weighted by Gasteiger charge is 2.18. The number of thiophene rings is 1. The third kappa shape index (κ3) is 4.09. The second-order valence-corrected chi connectivity index (χ2v) is 9.35. The van der Waals surface area contributed by atoms with Crippen molar-refractivity contribution >= 4 is 33.0 Å². The summed E-state index contributed by atoms with van der Waals surface area (Å²) in [4.78, 5) is 28.9. The number of hydrogen-bond donors (Lipinski definition) is 1. The molecule has 1 aliphatic rings. The molecule has 0 spiro atoms. The van der Waals surface area contributed by atoms with Crippen LogP contribution in [0.15, 0.2) is 16.9 Å². The fraction of sp³-hybridized carbons (Fsp3) is 0.571. The number of hydrogen-bond acceptors (Lipinski definition) is 5. The highest BCUT2D eigenvalue weighted by molar-refractivity contribution is 7.19. The summed E-state index contributed by atoms with van der Waals surface area (Å²) >= 11 is 1.66. The summed E-state index contributed by atoms with van der Waals surface area (Å²) in [6.07, 6.45) is 4.77. The molecule has 1 aliphatic heterocycles. The average molecular weight is 416 g/mol. The minimum Gasteiger partial charge on any atom is -0.354 e. The average Bonchev–Trinajstić information content (AvgIpc) is 3.20. The lowest BCUT2D eigenvalue weighted by molar-refractivity contribution is -0.121. The Hall–Kier alpha value is -2.19. The molecule has 8 heteroatoms. The summed E-state index contributed by atoms with van der Waals surface area (Å²) in [6.45, 7) is 8.94. The molecular formula is C21H29N5O2S. The van der Waals surface area contributed by atoms with Gasteiger partial charge in [-0.25, -0.2) is 4.68 Å². The van der Waals surface area contributed by atoms with Crippen LogP contribution in [-0.2, 0) is 11.3 Å². The first kappa shape index (κ1) is 20.1. The van der Waals surface area contributed by atoms with Gasteiger partial charge in [0.25, 0.3) is 5.56 Å². The maximum Gasteiger partial charge on any atom is 0.291 e. The maximum atomic E-state index is 12.8. The van der Waals surface area contributed by atoms with Crippen LogP contribution in [0.4, 0.5) is 0 Å². The Morgan fingerprint density at radius 1 is 1.28 bits per heavy atom. The molecular weight excluding hydrogens is 386 g/mol. The fourth-order valence-electron chi connectivity index (χ4n) is 4.32. The van der Waals surface area contributed by atoms with Gasteiger partial charge < -0.3 is 10.2 Å². The number of aryl methyl sites for hydroxylation is 2. The van der Waals surface area contributed by atoms with E-state index in [1.165, 1.54) is 28.8 Å². The molecule has 0 aromatic carbocycles. The van der Waals surface area contributed by atoms with Crippen LogP contribution in [0.25, 0.3) is 15.7 Å². The Morgan fingerprint density at radius 2 is 2.10 bits per heavy atom. The van der Waals surface area contributed by atoms with E-state index in [4.69, 9.17) is 0 Å². The van der Waals surface area contributed by atoms with Crippen molar-refractivity contribution in [3.8, 4) is 0 Å². The van der Waals surface area contributed by atoms with Crippen LogP contribution in [-0.4, -0.2) is 50.7 Å². The van der Waals surface area contributed by atoms with Crippen LogP contribution in [0, 0.1) is 13.8 Å². The number of fused-ring (bicyclic) bond motifs is 3. The number of nitrogens with zero attached hydrogens (tertiary/aromatic N) is 4. The number of piperidine rings is 1. The maximum absolute atomic E-state index is 12.8. The van der Waals surface area contributed by atoms with Crippen LogP contribution in [0.3, 0.4) is 0 Å². The van der Waals surface area contributed by atoms with Crippen LogP contribution in [0.5, 0.6) is 0 Å². The lowest BCUT2D eigenvalue weighted by Gasteiger charge is -2.33. The number of rotatable bonds is 6. The number of carbonyl (C=O) groups is 1. The van der Waals surface area contributed by atoms with Crippen molar-refractivity contribution < 1.29 is 4.79 Å². The molecule has 1 saturated heterocycles. The minimum absolute atomic E-state index is 0.0475. The lowest BCUT2D eigenvalue weighted by atomic mass is 10.0. The van der Waals surface area contributed by atoms with Gasteiger partial charge >= 0.3 is 0 Å². The van der Waals surface area contributed by atoms with Crippen molar-refractivity contribution in [2.75, 3.05) is 19.6 Å². The molecule has 0 unspecified atom stereocenters. The zero-order chi connectivity index (χ0) is 20.5. The first-order valence-electron chi connectivity index (χ1n) is 10.4. The number of amides is 1. The first-order valence-corrected chi connectivity index (χ1v) is 11.3. The normalized spacial score (nSPS) is 18.0. The molecule has 1 N–H and O–H groups in total. The SMILES string of the molecule is Cc1cc2c(cc3c(=O)n(CC(=O)NCCCN4CCCC[C@H]4C)nc(C)n32)s1. The summed E-state index contributed by atoms with van der Waals surface area (Å²) in [5.41, 5.74) is 1.35. The van der Waals surface area contributed by atoms with E-state index in [1.54, 1.807) is 11.3 Å². The van der Waals surface area contributed by atoms with Gasteiger partial charge in [-0.3, -0.25) is 14.0 Å². The van der Waals surface area contributed by atoms with Crippen molar-refractivity contribution in [2.24, 2.45) is 0 Å². The molecule has 4 rings (SSSR count). The Bertz CT molecular complexity index is 1100. The van der Waals surface area contributed by atoms with E-state index in [2.05, 4.69) is 35.2 Å². The van der Waals surface area contributed by atoms with Gasteiger partial charge in [0, 0.05) is 24.0 Å². The topological polar surface area (TPSA) is 71.6 Å². The molecule has 1 atom stereocenters. The highest BCUT2D eigenvalue weighted by Crippen LogP contribution is 2.27. The minimum atomic E-state index is -0.228. The molecule has 0 saturated carbocycles. The molecule has 3 aromatic rings. The largest absolute Gasteiger partial charge is 0.354 e. The van der Waals surface area contributed by atoms with E-state index in [-0.39, 0.29) is 18.0 Å². The molecule has 0 bridgehead atoms. The standard InChI is InChI=1S/C21H29N5O2S/c1-14-7-4-5-9-24(14)10-6-8-22-20(27)13-25-21(28)18-12-19-17(11-15(2)29-19)26(18)16(3)23-25/h11-12,14H,4-10,13H2,1-3H3,(H,22,27)/t14-/m1/s1. The predicted molar refractivity (Wildman–Crippen MR) is 117 cm³/mol. The molecule has 7 nitrogen and oxygen atoms in total. The van der Waals surface area contributed by atoms with Crippen molar-refractivity contribution in [3.63, 3.8) is 0 Å². The Kier molecular flexibility index (Phi) is 5.74. The zero-order valence-electron chi connectivity index (χ0n) is 17.4. The van der Waals surface area contributed by atoms with Crippen LogP contribution >= 0.6 is 11.3 Å². The van der Waals surface area contributed by atoms with Crippen molar-refractivity contribution in [2.45, 2.75) is 59.0 Å². The monoisotopic (exact) mass is 415 g/mol. The second-order valence-electron chi connectivity index (χ2n) is 8.07.